The number of benzene rings is 1. The van der Waals surface area contributed by atoms with Crippen molar-refractivity contribution in [1.82, 2.24) is 0 Å². The summed E-state index contributed by atoms with van der Waals surface area (Å²) in [7, 11) is 2.42. The first-order valence-corrected chi connectivity index (χ1v) is 6.55. The second-order valence-corrected chi connectivity index (χ2v) is 4.63. The maximum absolute atomic E-state index is 11.2. The molecule has 0 saturated carbocycles. The zero-order valence-electron chi connectivity index (χ0n) is 12.6. The van der Waals surface area contributed by atoms with Crippen molar-refractivity contribution in [3.63, 3.8) is 0 Å². The van der Waals surface area contributed by atoms with Crippen molar-refractivity contribution in [2.45, 2.75) is 18.6 Å². The number of esters is 1. The van der Waals surface area contributed by atoms with Crippen LogP contribution in [0.2, 0.25) is 0 Å². The molecular weight excluding hydrogens is 308 g/mol. The number of carbonyl (C=O) groups is 2. The van der Waals surface area contributed by atoms with Crippen molar-refractivity contribution in [2.75, 3.05) is 14.2 Å². The first-order valence-electron chi connectivity index (χ1n) is 6.55. The molecule has 23 heavy (non-hydrogen) atoms. The van der Waals surface area contributed by atoms with E-state index in [0.717, 1.165) is 13.2 Å². The van der Waals surface area contributed by atoms with Crippen LogP contribution in [0.25, 0.3) is 6.08 Å². The summed E-state index contributed by atoms with van der Waals surface area (Å²) in [5.74, 6) is -2.34. The lowest BCUT2D eigenvalue weighted by atomic mass is 9.98. The van der Waals surface area contributed by atoms with Crippen LogP contribution in [-0.4, -0.2) is 52.7 Å². The number of methoxy groups -OCH3 is 2. The lowest BCUT2D eigenvalue weighted by molar-refractivity contribution is -0.144. The first kappa shape index (κ1) is 18.5. The third-order valence-electron chi connectivity index (χ3n) is 3.05. The second-order valence-electron chi connectivity index (χ2n) is 4.63. The molecule has 0 fully saturated rings. The molecule has 8 nitrogen and oxygen atoms in total. The summed E-state index contributed by atoms with van der Waals surface area (Å²) in [6.07, 6.45) is -1.49. The van der Waals surface area contributed by atoms with Gasteiger partial charge in [-0.05, 0) is 23.8 Å². The molecule has 0 heterocycles. The van der Waals surface area contributed by atoms with E-state index in [4.69, 9.17) is 9.84 Å². The Morgan fingerprint density at radius 3 is 2.43 bits per heavy atom. The standard InChI is InChI=1S/C15H18O8/c1-22-11-6-8(3-4-12(17)18)5-9(15(11)21)14(20)10(16)7-13(19)23-2/h3-6,10,14,16,20-21H,7H2,1-2H3,(H,17,18). The molecule has 8 heteroatoms. The fraction of sp³-hybridized carbons (Fsp3) is 0.333. The van der Waals surface area contributed by atoms with Gasteiger partial charge < -0.3 is 29.9 Å². The molecule has 0 aromatic heterocycles. The quantitative estimate of drug-likeness (QED) is 0.419. The molecule has 4 N–H and O–H groups in total. The fourth-order valence-electron chi connectivity index (χ4n) is 1.87. The van der Waals surface area contributed by atoms with E-state index in [1.54, 1.807) is 0 Å². The van der Waals surface area contributed by atoms with Crippen molar-refractivity contribution in [1.29, 1.82) is 0 Å². The van der Waals surface area contributed by atoms with Gasteiger partial charge in [-0.25, -0.2) is 4.79 Å². The van der Waals surface area contributed by atoms with Gasteiger partial charge in [0.15, 0.2) is 11.5 Å². The average molecular weight is 326 g/mol. The number of carboxylic acids is 1. The number of aliphatic carboxylic acids is 1. The number of aromatic hydroxyl groups is 1. The van der Waals surface area contributed by atoms with Gasteiger partial charge in [0.05, 0.1) is 26.7 Å². The first-order chi connectivity index (χ1) is 10.8. The second kappa shape index (κ2) is 8.16. The molecule has 0 aliphatic rings. The Hall–Kier alpha value is -2.58. The molecule has 0 bridgehead atoms. The summed E-state index contributed by atoms with van der Waals surface area (Å²) in [5, 5.41) is 38.7. The summed E-state index contributed by atoms with van der Waals surface area (Å²) in [6.45, 7) is 0. The van der Waals surface area contributed by atoms with Gasteiger partial charge in [-0.1, -0.05) is 0 Å². The molecule has 2 unspecified atom stereocenters. The summed E-state index contributed by atoms with van der Waals surface area (Å²) in [6, 6.07) is 2.64. The van der Waals surface area contributed by atoms with Gasteiger partial charge in [-0.2, -0.15) is 0 Å². The monoisotopic (exact) mass is 326 g/mol. The Kier molecular flexibility index (Phi) is 6.55. The lowest BCUT2D eigenvalue weighted by Crippen LogP contribution is -2.22. The van der Waals surface area contributed by atoms with Crippen molar-refractivity contribution in [3.8, 4) is 11.5 Å². The molecule has 1 aromatic carbocycles. The minimum Gasteiger partial charge on any atom is -0.504 e. The fourth-order valence-corrected chi connectivity index (χ4v) is 1.87. The van der Waals surface area contributed by atoms with Crippen LogP contribution in [-0.2, 0) is 14.3 Å². The van der Waals surface area contributed by atoms with Gasteiger partial charge in [-0.3, -0.25) is 4.79 Å². The Balaban J connectivity index is 3.19. The molecular formula is C15H18O8. The zero-order valence-corrected chi connectivity index (χ0v) is 12.6. The highest BCUT2D eigenvalue weighted by Gasteiger charge is 2.26. The Morgan fingerprint density at radius 1 is 1.26 bits per heavy atom. The number of hydrogen-bond donors (Lipinski definition) is 4. The normalized spacial score (nSPS) is 13.6. The number of aliphatic hydroxyl groups excluding tert-OH is 2. The van der Waals surface area contributed by atoms with Crippen LogP contribution in [0.4, 0.5) is 0 Å². The average Bonchev–Trinajstić information content (AvgIpc) is 2.52. The van der Waals surface area contributed by atoms with Gasteiger partial charge in [0.2, 0.25) is 0 Å². The Bertz CT molecular complexity index is 608. The van der Waals surface area contributed by atoms with E-state index in [1.165, 1.54) is 25.3 Å². The highest BCUT2D eigenvalue weighted by Crippen LogP contribution is 2.37. The molecule has 1 rings (SSSR count). The minimum absolute atomic E-state index is 0.0168. The third kappa shape index (κ3) is 4.97. The molecule has 126 valence electrons. The van der Waals surface area contributed by atoms with Crippen LogP contribution in [0.15, 0.2) is 18.2 Å². The van der Waals surface area contributed by atoms with Gasteiger partial charge >= 0.3 is 11.9 Å². The smallest absolute Gasteiger partial charge is 0.328 e. The number of ether oxygens (including phenoxy) is 2. The molecule has 0 aliphatic carbocycles. The van der Waals surface area contributed by atoms with Crippen molar-refractivity contribution < 1.29 is 39.5 Å². The summed E-state index contributed by atoms with van der Waals surface area (Å²) >= 11 is 0. The van der Waals surface area contributed by atoms with Gasteiger partial charge in [0.25, 0.3) is 0 Å². The van der Waals surface area contributed by atoms with Crippen LogP contribution in [0.5, 0.6) is 11.5 Å². The van der Waals surface area contributed by atoms with Crippen LogP contribution in [0.3, 0.4) is 0 Å². The van der Waals surface area contributed by atoms with E-state index in [9.17, 15) is 24.9 Å². The minimum atomic E-state index is -1.60. The molecule has 0 saturated heterocycles. The van der Waals surface area contributed by atoms with E-state index in [1.807, 2.05) is 0 Å². The third-order valence-corrected chi connectivity index (χ3v) is 3.05. The summed E-state index contributed by atoms with van der Waals surface area (Å²) < 4.78 is 9.35. The Morgan fingerprint density at radius 2 is 1.91 bits per heavy atom. The van der Waals surface area contributed by atoms with E-state index >= 15 is 0 Å². The number of rotatable bonds is 7. The molecule has 0 radical (unpaired) electrons. The van der Waals surface area contributed by atoms with Crippen LogP contribution >= 0.6 is 0 Å². The molecule has 0 aliphatic heterocycles. The maximum atomic E-state index is 11.2. The maximum Gasteiger partial charge on any atom is 0.328 e. The van der Waals surface area contributed by atoms with E-state index in [-0.39, 0.29) is 11.3 Å². The highest BCUT2D eigenvalue weighted by atomic mass is 16.5. The number of phenols is 1. The number of aliphatic hydroxyl groups is 2. The van der Waals surface area contributed by atoms with Crippen molar-refractivity contribution in [3.05, 3.63) is 29.3 Å². The number of carboxylic acid groups (broad SMARTS) is 1. The molecule has 0 spiro atoms. The van der Waals surface area contributed by atoms with Crippen LogP contribution in [0, 0.1) is 0 Å². The lowest BCUT2D eigenvalue weighted by Gasteiger charge is -2.20. The molecule has 1 aromatic rings. The van der Waals surface area contributed by atoms with Gasteiger partial charge in [0, 0.05) is 11.6 Å². The van der Waals surface area contributed by atoms with E-state index < -0.39 is 36.3 Å². The van der Waals surface area contributed by atoms with E-state index in [0.29, 0.717) is 5.56 Å². The number of phenolic OH excluding ortho intramolecular Hbond substituents is 1. The molecule has 0 amide bonds. The number of carbonyl (C=O) groups excluding carboxylic acids is 1. The molecule has 2 atom stereocenters. The topological polar surface area (TPSA) is 134 Å². The summed E-state index contributed by atoms with van der Waals surface area (Å²) in [4.78, 5) is 21.7. The van der Waals surface area contributed by atoms with Crippen molar-refractivity contribution in [2.24, 2.45) is 0 Å². The predicted octanol–water partition coefficient (Wildman–Crippen LogP) is 0.456. The SMILES string of the molecule is COC(=O)CC(O)C(O)c1cc(C=CC(=O)O)cc(OC)c1O. The Labute approximate surface area is 132 Å². The van der Waals surface area contributed by atoms with Gasteiger partial charge in [0.1, 0.15) is 6.10 Å². The predicted molar refractivity (Wildman–Crippen MR) is 78.9 cm³/mol. The summed E-state index contributed by atoms with van der Waals surface area (Å²) in [5.41, 5.74) is 0.215. The largest absolute Gasteiger partial charge is 0.504 e. The highest BCUT2D eigenvalue weighted by molar-refractivity contribution is 5.85. The number of hydrogen-bond acceptors (Lipinski definition) is 7. The van der Waals surface area contributed by atoms with E-state index in [2.05, 4.69) is 4.74 Å². The van der Waals surface area contributed by atoms with Crippen molar-refractivity contribution >= 4 is 18.0 Å². The zero-order chi connectivity index (χ0) is 17.6. The van der Waals surface area contributed by atoms with Crippen LogP contribution < -0.4 is 4.74 Å². The van der Waals surface area contributed by atoms with Crippen LogP contribution in [0.1, 0.15) is 23.7 Å². The van der Waals surface area contributed by atoms with Gasteiger partial charge in [-0.15, -0.1) is 0 Å².